The number of amides is 1. The summed E-state index contributed by atoms with van der Waals surface area (Å²) in [6.07, 6.45) is 2.04. The molecular formula is C8H17NOS. The van der Waals surface area contributed by atoms with Crippen molar-refractivity contribution >= 4 is 18.5 Å². The summed E-state index contributed by atoms with van der Waals surface area (Å²) < 4.78 is 0. The Bertz CT molecular complexity index is 123. The standard InChI is InChI=1S/C8H17NOS/c1-4-7(5-2)9(3)8(10)6-11/h7,11H,4-6H2,1-3H3. The van der Waals surface area contributed by atoms with E-state index in [1.54, 1.807) is 4.90 Å². The molecular weight excluding hydrogens is 158 g/mol. The van der Waals surface area contributed by atoms with E-state index in [0.29, 0.717) is 11.8 Å². The van der Waals surface area contributed by atoms with Gasteiger partial charge >= 0.3 is 0 Å². The number of hydrogen-bond donors (Lipinski definition) is 1. The molecule has 0 aliphatic carbocycles. The van der Waals surface area contributed by atoms with Crippen molar-refractivity contribution in [1.29, 1.82) is 0 Å². The number of carbonyl (C=O) groups excluding carboxylic acids is 1. The van der Waals surface area contributed by atoms with E-state index >= 15 is 0 Å². The summed E-state index contributed by atoms with van der Waals surface area (Å²) in [6.45, 7) is 4.19. The topological polar surface area (TPSA) is 20.3 Å². The quantitative estimate of drug-likeness (QED) is 0.643. The molecule has 0 saturated carbocycles. The molecule has 0 aliphatic heterocycles. The van der Waals surface area contributed by atoms with Crippen LogP contribution in [0.4, 0.5) is 0 Å². The molecule has 0 saturated heterocycles. The molecule has 0 aliphatic rings. The van der Waals surface area contributed by atoms with E-state index in [-0.39, 0.29) is 5.91 Å². The average molecular weight is 175 g/mol. The molecule has 2 nitrogen and oxygen atoms in total. The van der Waals surface area contributed by atoms with Crippen molar-refractivity contribution in [2.24, 2.45) is 0 Å². The summed E-state index contributed by atoms with van der Waals surface area (Å²) in [5.41, 5.74) is 0. The lowest BCUT2D eigenvalue weighted by atomic mass is 10.1. The molecule has 3 heteroatoms. The molecule has 0 heterocycles. The van der Waals surface area contributed by atoms with Crippen LogP contribution in [0.15, 0.2) is 0 Å². The Hall–Kier alpha value is -0.180. The number of carbonyl (C=O) groups is 1. The van der Waals surface area contributed by atoms with E-state index in [1.165, 1.54) is 0 Å². The second-order valence-corrected chi connectivity index (χ2v) is 2.95. The Morgan fingerprint density at radius 3 is 2.18 bits per heavy atom. The summed E-state index contributed by atoms with van der Waals surface area (Å²) in [6, 6.07) is 0.384. The van der Waals surface area contributed by atoms with E-state index in [0.717, 1.165) is 12.8 Å². The van der Waals surface area contributed by atoms with Gasteiger partial charge in [0, 0.05) is 13.1 Å². The molecule has 66 valence electrons. The number of rotatable bonds is 4. The van der Waals surface area contributed by atoms with Gasteiger partial charge in [-0.15, -0.1) is 0 Å². The number of thiol groups is 1. The predicted octanol–water partition coefficient (Wildman–Crippen LogP) is 1.56. The van der Waals surface area contributed by atoms with Crippen molar-refractivity contribution < 1.29 is 4.79 Å². The monoisotopic (exact) mass is 175 g/mol. The number of hydrogen-bond acceptors (Lipinski definition) is 2. The molecule has 0 spiro atoms. The van der Waals surface area contributed by atoms with E-state index in [9.17, 15) is 4.79 Å². The van der Waals surface area contributed by atoms with Crippen LogP contribution in [0.25, 0.3) is 0 Å². The van der Waals surface area contributed by atoms with Gasteiger partial charge in [-0.05, 0) is 12.8 Å². The molecule has 11 heavy (non-hydrogen) atoms. The second-order valence-electron chi connectivity index (χ2n) is 2.63. The van der Waals surface area contributed by atoms with Crippen LogP contribution in [0.3, 0.4) is 0 Å². The molecule has 0 rings (SSSR count). The van der Waals surface area contributed by atoms with Crippen LogP contribution in [0.2, 0.25) is 0 Å². The molecule has 1 amide bonds. The molecule has 0 aromatic heterocycles. The molecule has 0 aromatic carbocycles. The van der Waals surface area contributed by atoms with Crippen molar-refractivity contribution in [3.63, 3.8) is 0 Å². The second kappa shape index (κ2) is 5.47. The zero-order chi connectivity index (χ0) is 8.85. The van der Waals surface area contributed by atoms with Crippen LogP contribution < -0.4 is 0 Å². The Kier molecular flexibility index (Phi) is 5.38. The smallest absolute Gasteiger partial charge is 0.232 e. The Balaban J connectivity index is 3.97. The average Bonchev–Trinajstić information content (AvgIpc) is 2.05. The minimum absolute atomic E-state index is 0.113. The Morgan fingerprint density at radius 1 is 1.45 bits per heavy atom. The summed E-state index contributed by atoms with van der Waals surface area (Å²) in [7, 11) is 1.84. The van der Waals surface area contributed by atoms with Crippen LogP contribution in [0.1, 0.15) is 26.7 Å². The van der Waals surface area contributed by atoms with Gasteiger partial charge in [0.25, 0.3) is 0 Å². The van der Waals surface area contributed by atoms with E-state index in [1.807, 2.05) is 7.05 Å². The molecule has 0 radical (unpaired) electrons. The lowest BCUT2D eigenvalue weighted by Crippen LogP contribution is -2.36. The molecule has 0 aromatic rings. The van der Waals surface area contributed by atoms with Crippen molar-refractivity contribution in [3.05, 3.63) is 0 Å². The first-order chi connectivity index (χ1) is 5.17. The third-order valence-electron chi connectivity index (χ3n) is 2.02. The molecule has 0 unspecified atom stereocenters. The SMILES string of the molecule is CCC(CC)N(C)C(=O)CS. The highest BCUT2D eigenvalue weighted by molar-refractivity contribution is 7.81. The fourth-order valence-corrected chi connectivity index (χ4v) is 1.37. The fourth-order valence-electron chi connectivity index (χ4n) is 1.15. The van der Waals surface area contributed by atoms with Gasteiger partial charge in [0.05, 0.1) is 5.75 Å². The van der Waals surface area contributed by atoms with Crippen molar-refractivity contribution in [1.82, 2.24) is 4.90 Å². The largest absolute Gasteiger partial charge is 0.342 e. The van der Waals surface area contributed by atoms with Crippen molar-refractivity contribution in [3.8, 4) is 0 Å². The summed E-state index contributed by atoms with van der Waals surface area (Å²) >= 11 is 3.94. The van der Waals surface area contributed by atoms with Gasteiger partial charge in [-0.2, -0.15) is 12.6 Å². The third kappa shape index (κ3) is 3.14. The maximum atomic E-state index is 11.1. The van der Waals surface area contributed by atoms with Gasteiger partial charge in [0.15, 0.2) is 0 Å². The van der Waals surface area contributed by atoms with E-state index < -0.39 is 0 Å². The molecule has 0 atom stereocenters. The zero-order valence-electron chi connectivity index (χ0n) is 7.50. The molecule has 0 N–H and O–H groups in total. The highest BCUT2D eigenvalue weighted by atomic mass is 32.1. The summed E-state index contributed by atoms with van der Waals surface area (Å²) in [5.74, 6) is 0.425. The first-order valence-electron chi connectivity index (χ1n) is 4.03. The van der Waals surface area contributed by atoms with Gasteiger partial charge in [-0.25, -0.2) is 0 Å². The highest BCUT2D eigenvalue weighted by Crippen LogP contribution is 2.06. The Morgan fingerprint density at radius 2 is 1.91 bits per heavy atom. The minimum Gasteiger partial charge on any atom is -0.342 e. The maximum absolute atomic E-state index is 11.1. The summed E-state index contributed by atoms with van der Waals surface area (Å²) in [4.78, 5) is 12.9. The molecule has 0 fully saturated rings. The van der Waals surface area contributed by atoms with Gasteiger partial charge in [-0.1, -0.05) is 13.8 Å². The van der Waals surface area contributed by atoms with Gasteiger partial charge in [-0.3, -0.25) is 4.79 Å². The van der Waals surface area contributed by atoms with Gasteiger partial charge in [0.2, 0.25) is 5.91 Å². The Labute approximate surface area is 74.4 Å². The van der Waals surface area contributed by atoms with Gasteiger partial charge in [0.1, 0.15) is 0 Å². The van der Waals surface area contributed by atoms with Crippen molar-refractivity contribution in [2.45, 2.75) is 32.7 Å². The summed E-state index contributed by atoms with van der Waals surface area (Å²) in [5, 5.41) is 0. The van der Waals surface area contributed by atoms with Crippen LogP contribution >= 0.6 is 12.6 Å². The number of nitrogens with zero attached hydrogens (tertiary/aromatic N) is 1. The first-order valence-corrected chi connectivity index (χ1v) is 4.67. The van der Waals surface area contributed by atoms with Crippen LogP contribution in [0, 0.1) is 0 Å². The maximum Gasteiger partial charge on any atom is 0.232 e. The molecule has 0 bridgehead atoms. The van der Waals surface area contributed by atoms with Crippen LogP contribution in [-0.2, 0) is 4.79 Å². The third-order valence-corrected chi connectivity index (χ3v) is 2.29. The first kappa shape index (κ1) is 10.8. The minimum atomic E-state index is 0.113. The van der Waals surface area contributed by atoms with Crippen LogP contribution in [-0.4, -0.2) is 29.6 Å². The van der Waals surface area contributed by atoms with Gasteiger partial charge < -0.3 is 4.90 Å². The van der Waals surface area contributed by atoms with Crippen molar-refractivity contribution in [2.75, 3.05) is 12.8 Å². The van der Waals surface area contributed by atoms with E-state index in [2.05, 4.69) is 26.5 Å². The normalized spacial score (nSPS) is 10.3. The van der Waals surface area contributed by atoms with Crippen LogP contribution in [0.5, 0.6) is 0 Å². The lowest BCUT2D eigenvalue weighted by Gasteiger charge is -2.25. The zero-order valence-corrected chi connectivity index (χ0v) is 8.40. The lowest BCUT2D eigenvalue weighted by molar-refractivity contribution is -0.129. The predicted molar refractivity (Wildman–Crippen MR) is 51.0 cm³/mol. The highest BCUT2D eigenvalue weighted by Gasteiger charge is 2.14. The van der Waals surface area contributed by atoms with E-state index in [4.69, 9.17) is 0 Å². The fraction of sp³-hybridized carbons (Fsp3) is 0.875.